The first-order chi connectivity index (χ1) is 11.4. The molecule has 1 atom stereocenters. The zero-order chi connectivity index (χ0) is 17.1. The van der Waals surface area contributed by atoms with E-state index in [1.807, 2.05) is 6.07 Å². The molecule has 0 spiro atoms. The summed E-state index contributed by atoms with van der Waals surface area (Å²) in [6.45, 7) is 0.525. The van der Waals surface area contributed by atoms with Crippen LogP contribution in [0.3, 0.4) is 0 Å². The van der Waals surface area contributed by atoms with Gasteiger partial charge in [-0.15, -0.1) is 0 Å². The highest BCUT2D eigenvalue weighted by molar-refractivity contribution is 9.10. The van der Waals surface area contributed by atoms with Crippen molar-refractivity contribution in [3.63, 3.8) is 0 Å². The van der Waals surface area contributed by atoms with Gasteiger partial charge in [0.25, 0.3) is 0 Å². The van der Waals surface area contributed by atoms with E-state index in [9.17, 15) is 0 Å². The molecule has 0 bridgehead atoms. The summed E-state index contributed by atoms with van der Waals surface area (Å²) in [4.78, 5) is 0. The van der Waals surface area contributed by atoms with Gasteiger partial charge in [0, 0.05) is 22.1 Å². The minimum atomic E-state index is -0.111. The molecule has 0 N–H and O–H groups in total. The van der Waals surface area contributed by atoms with Crippen LogP contribution in [0.25, 0.3) is 11.3 Å². The summed E-state index contributed by atoms with van der Waals surface area (Å²) in [5, 5.41) is 0. The molecular weight excluding hydrogens is 434 g/mol. The van der Waals surface area contributed by atoms with E-state index in [0.29, 0.717) is 11.1 Å². The van der Waals surface area contributed by atoms with Gasteiger partial charge in [0.1, 0.15) is 11.4 Å². The van der Waals surface area contributed by atoms with Crippen molar-refractivity contribution in [1.29, 1.82) is 0 Å². The number of hydrogen-bond acceptors (Lipinski definition) is 2. The predicted molar refractivity (Wildman–Crippen MR) is 105 cm³/mol. The zero-order valence-corrected chi connectivity index (χ0v) is 16.9. The second-order valence-corrected chi connectivity index (χ2v) is 8.41. The fourth-order valence-electron chi connectivity index (χ4n) is 3.80. The van der Waals surface area contributed by atoms with Crippen LogP contribution < -0.4 is 9.22 Å². The normalized spacial score (nSPS) is 20.3. The van der Waals surface area contributed by atoms with Crippen LogP contribution in [0.1, 0.15) is 11.1 Å². The van der Waals surface area contributed by atoms with E-state index >= 15 is 0 Å². The highest BCUT2D eigenvalue weighted by Gasteiger charge is 2.47. The summed E-state index contributed by atoms with van der Waals surface area (Å²) in [5.41, 5.74) is 6.19. The lowest BCUT2D eigenvalue weighted by atomic mass is 9.95. The summed E-state index contributed by atoms with van der Waals surface area (Å²) in [6, 6.07) is 12.7. The van der Waals surface area contributed by atoms with Crippen molar-refractivity contribution >= 4 is 48.8 Å². The fourth-order valence-corrected chi connectivity index (χ4v) is 4.50. The largest absolute Gasteiger partial charge is 0.482 e. The van der Waals surface area contributed by atoms with Crippen LogP contribution in [0.2, 0.25) is 0 Å². The first-order valence-corrected chi connectivity index (χ1v) is 9.37. The standard InChI is InChI=1S/C19H18Br2NO2/c1-22(2)15-7-5-11(20)8-14(15)18-17(10-23-3)24-16-9-12(21)4-6-13(16)19(18)22/h4-9,17H,10H2,1-3H3/q+1. The minimum Gasteiger partial charge on any atom is -0.482 e. The van der Waals surface area contributed by atoms with Crippen LogP contribution in [-0.2, 0) is 4.74 Å². The number of hydrogen-bond donors (Lipinski definition) is 0. The van der Waals surface area contributed by atoms with Gasteiger partial charge in [0.05, 0.1) is 37.4 Å². The summed E-state index contributed by atoms with van der Waals surface area (Å²) >= 11 is 7.16. The molecule has 1 unspecified atom stereocenters. The quantitative estimate of drug-likeness (QED) is 0.593. The van der Waals surface area contributed by atoms with Gasteiger partial charge in [0.15, 0.2) is 11.8 Å². The highest BCUT2D eigenvalue weighted by atomic mass is 79.9. The molecule has 3 nitrogen and oxygen atoms in total. The zero-order valence-electron chi connectivity index (χ0n) is 13.8. The van der Waals surface area contributed by atoms with E-state index in [2.05, 4.69) is 76.3 Å². The Morgan fingerprint density at radius 3 is 2.50 bits per heavy atom. The topological polar surface area (TPSA) is 18.5 Å². The van der Waals surface area contributed by atoms with Crippen LogP contribution in [0.4, 0.5) is 5.69 Å². The Morgan fingerprint density at radius 1 is 1.04 bits per heavy atom. The molecule has 5 heteroatoms. The van der Waals surface area contributed by atoms with Crippen LogP contribution in [0.5, 0.6) is 5.75 Å². The molecule has 2 aliphatic heterocycles. The number of halogens is 2. The maximum absolute atomic E-state index is 6.32. The van der Waals surface area contributed by atoms with Crippen molar-refractivity contribution in [2.75, 3.05) is 27.8 Å². The number of rotatable bonds is 2. The third-order valence-corrected chi connectivity index (χ3v) is 5.76. The molecule has 2 aromatic carbocycles. The molecule has 0 radical (unpaired) electrons. The monoisotopic (exact) mass is 450 g/mol. The van der Waals surface area contributed by atoms with Crippen molar-refractivity contribution in [2.45, 2.75) is 6.10 Å². The van der Waals surface area contributed by atoms with Crippen molar-refractivity contribution in [2.24, 2.45) is 0 Å². The maximum atomic E-state index is 6.32. The highest BCUT2D eigenvalue weighted by Crippen LogP contribution is 2.54. The SMILES string of the molecule is COCC1Oc2cc(Br)ccc2C2=C1c1cc(Br)ccc1[N+]2(C)C. The van der Waals surface area contributed by atoms with Crippen LogP contribution >= 0.6 is 31.9 Å². The molecule has 0 fully saturated rings. The second-order valence-electron chi connectivity index (χ2n) is 6.58. The summed E-state index contributed by atoms with van der Waals surface area (Å²) < 4.78 is 14.6. The molecule has 2 aromatic rings. The smallest absolute Gasteiger partial charge is 0.156 e. The molecule has 0 amide bonds. The van der Waals surface area contributed by atoms with Crippen molar-refractivity contribution < 1.29 is 9.47 Å². The van der Waals surface area contributed by atoms with Crippen LogP contribution in [0.15, 0.2) is 45.3 Å². The maximum Gasteiger partial charge on any atom is 0.156 e. The van der Waals surface area contributed by atoms with Gasteiger partial charge in [-0.2, -0.15) is 0 Å². The molecule has 0 saturated heterocycles. The van der Waals surface area contributed by atoms with Crippen molar-refractivity contribution in [3.8, 4) is 5.75 Å². The number of benzene rings is 2. The lowest BCUT2D eigenvalue weighted by molar-refractivity contribution is 0.111. The van der Waals surface area contributed by atoms with Crippen molar-refractivity contribution in [3.05, 3.63) is 56.5 Å². The molecule has 4 rings (SSSR count). The molecule has 2 heterocycles. The number of methoxy groups -OCH3 is 1. The van der Waals surface area contributed by atoms with Gasteiger partial charge in [-0.1, -0.05) is 31.9 Å². The first-order valence-electron chi connectivity index (χ1n) is 7.78. The molecule has 2 aliphatic rings. The second kappa shape index (κ2) is 5.70. The number of quaternary nitrogens is 1. The van der Waals surface area contributed by atoms with Gasteiger partial charge in [0.2, 0.25) is 0 Å². The number of fused-ring (bicyclic) bond motifs is 4. The predicted octanol–water partition coefficient (Wildman–Crippen LogP) is 5.07. The number of ether oxygens (including phenoxy) is 2. The number of nitrogens with zero attached hydrogens (tertiary/aromatic N) is 1. The third-order valence-electron chi connectivity index (χ3n) is 4.77. The Balaban J connectivity index is 2.03. The van der Waals surface area contributed by atoms with E-state index in [1.165, 1.54) is 22.5 Å². The molecular formula is C19H18Br2NO2+. The van der Waals surface area contributed by atoms with E-state index in [-0.39, 0.29) is 6.10 Å². The average molecular weight is 452 g/mol. The Morgan fingerprint density at radius 2 is 1.75 bits per heavy atom. The van der Waals surface area contributed by atoms with Crippen molar-refractivity contribution in [1.82, 2.24) is 4.48 Å². The molecule has 0 saturated carbocycles. The molecule has 0 aromatic heterocycles. The van der Waals surface area contributed by atoms with Gasteiger partial charge >= 0.3 is 0 Å². The van der Waals surface area contributed by atoms with Gasteiger partial charge in [-0.05, 0) is 30.3 Å². The Labute approximate surface area is 158 Å². The van der Waals surface area contributed by atoms with E-state index in [1.54, 1.807) is 7.11 Å². The fraction of sp³-hybridized carbons (Fsp3) is 0.263. The van der Waals surface area contributed by atoms with E-state index < -0.39 is 0 Å². The Hall–Kier alpha value is -1.14. The van der Waals surface area contributed by atoms with E-state index in [4.69, 9.17) is 9.47 Å². The lowest BCUT2D eigenvalue weighted by Gasteiger charge is -2.32. The average Bonchev–Trinajstić information content (AvgIpc) is 2.75. The molecule has 0 aliphatic carbocycles. The van der Waals surface area contributed by atoms with Crippen LogP contribution in [-0.4, -0.2) is 33.9 Å². The molecule has 24 heavy (non-hydrogen) atoms. The summed E-state index contributed by atoms with van der Waals surface area (Å²) in [6.07, 6.45) is -0.111. The van der Waals surface area contributed by atoms with Crippen LogP contribution in [0, 0.1) is 0 Å². The van der Waals surface area contributed by atoms with Gasteiger partial charge in [-0.25, -0.2) is 0 Å². The molecule has 124 valence electrons. The summed E-state index contributed by atoms with van der Waals surface area (Å²) in [5.74, 6) is 0.906. The Bertz CT molecular complexity index is 874. The Kier molecular flexibility index (Phi) is 3.88. The minimum absolute atomic E-state index is 0.111. The van der Waals surface area contributed by atoms with E-state index in [0.717, 1.165) is 20.3 Å². The lowest BCUT2D eigenvalue weighted by Crippen LogP contribution is -2.38. The summed E-state index contributed by atoms with van der Waals surface area (Å²) in [7, 11) is 6.18. The third kappa shape index (κ3) is 2.30. The first kappa shape index (κ1) is 16.3. The van der Waals surface area contributed by atoms with Gasteiger partial charge in [-0.3, -0.25) is 4.48 Å². The van der Waals surface area contributed by atoms with Gasteiger partial charge < -0.3 is 9.47 Å².